The van der Waals surface area contributed by atoms with E-state index in [4.69, 9.17) is 0 Å². The first-order chi connectivity index (χ1) is 12.1. The number of carbonyl (C=O) groups excluding carboxylic acids is 1. The van der Waals surface area contributed by atoms with Gasteiger partial charge in [-0.1, -0.05) is 40.2 Å². The summed E-state index contributed by atoms with van der Waals surface area (Å²) in [6.45, 7) is 0.563. The SMILES string of the molecule is O=C(N/N=C\c1ccccc1O)c1ccn(Cc2cccc(Br)c2)n1. The van der Waals surface area contributed by atoms with E-state index in [1.807, 2.05) is 24.3 Å². The average molecular weight is 399 g/mol. The third-order valence-corrected chi connectivity index (χ3v) is 3.91. The summed E-state index contributed by atoms with van der Waals surface area (Å²) in [5.74, 6) is -0.321. The van der Waals surface area contributed by atoms with Crippen LogP contribution in [0.5, 0.6) is 5.75 Å². The molecular weight excluding hydrogens is 384 g/mol. The number of hydrogen-bond donors (Lipinski definition) is 2. The molecule has 0 aliphatic rings. The minimum atomic E-state index is -0.417. The monoisotopic (exact) mass is 398 g/mol. The molecule has 3 aromatic rings. The van der Waals surface area contributed by atoms with E-state index in [1.54, 1.807) is 41.2 Å². The number of carbonyl (C=O) groups is 1. The average Bonchev–Trinajstić information content (AvgIpc) is 3.05. The Kier molecular flexibility index (Phi) is 5.25. The van der Waals surface area contributed by atoms with Crippen LogP contribution in [0.3, 0.4) is 0 Å². The molecule has 0 spiro atoms. The smallest absolute Gasteiger partial charge is 0.291 e. The van der Waals surface area contributed by atoms with Gasteiger partial charge in [-0.2, -0.15) is 10.2 Å². The van der Waals surface area contributed by atoms with Crippen LogP contribution in [0.4, 0.5) is 0 Å². The van der Waals surface area contributed by atoms with Crippen LogP contribution in [0.25, 0.3) is 0 Å². The number of aromatic nitrogens is 2. The number of halogens is 1. The Bertz CT molecular complexity index is 921. The van der Waals surface area contributed by atoms with Gasteiger partial charge in [0.2, 0.25) is 0 Å². The summed E-state index contributed by atoms with van der Waals surface area (Å²) in [7, 11) is 0. The normalized spacial score (nSPS) is 10.9. The molecule has 0 atom stereocenters. The summed E-state index contributed by atoms with van der Waals surface area (Å²) in [5, 5.41) is 17.7. The number of nitrogens with zero attached hydrogens (tertiary/aromatic N) is 3. The Morgan fingerprint density at radius 2 is 2.08 bits per heavy atom. The first-order valence-electron chi connectivity index (χ1n) is 7.51. The van der Waals surface area contributed by atoms with Crippen molar-refractivity contribution in [1.82, 2.24) is 15.2 Å². The Morgan fingerprint density at radius 3 is 2.88 bits per heavy atom. The second-order valence-corrected chi connectivity index (χ2v) is 6.20. The van der Waals surface area contributed by atoms with Gasteiger partial charge in [-0.15, -0.1) is 0 Å². The lowest BCUT2D eigenvalue weighted by Gasteiger charge is -2.02. The second kappa shape index (κ2) is 7.76. The lowest BCUT2D eigenvalue weighted by Crippen LogP contribution is -2.18. The van der Waals surface area contributed by atoms with E-state index in [9.17, 15) is 9.90 Å². The molecule has 3 rings (SSSR count). The van der Waals surface area contributed by atoms with Crippen LogP contribution < -0.4 is 5.43 Å². The number of rotatable bonds is 5. The zero-order chi connectivity index (χ0) is 17.6. The number of nitrogens with one attached hydrogen (secondary N) is 1. The first-order valence-corrected chi connectivity index (χ1v) is 8.30. The quantitative estimate of drug-likeness (QED) is 0.511. The highest BCUT2D eigenvalue weighted by molar-refractivity contribution is 9.10. The van der Waals surface area contributed by atoms with Gasteiger partial charge in [-0.25, -0.2) is 5.43 Å². The van der Waals surface area contributed by atoms with Crippen molar-refractivity contribution >= 4 is 28.1 Å². The standard InChI is InChI=1S/C18H15BrN4O2/c19-15-6-3-4-13(10-15)12-23-9-8-16(22-23)18(25)21-20-11-14-5-1-2-7-17(14)24/h1-11,24H,12H2,(H,21,25)/b20-11-. The summed E-state index contributed by atoms with van der Waals surface area (Å²) < 4.78 is 2.68. The van der Waals surface area contributed by atoms with Crippen LogP contribution in [0.2, 0.25) is 0 Å². The summed E-state index contributed by atoms with van der Waals surface area (Å²) >= 11 is 3.43. The Hall–Kier alpha value is -2.93. The molecule has 25 heavy (non-hydrogen) atoms. The number of hydrazone groups is 1. The molecule has 0 aliphatic carbocycles. The topological polar surface area (TPSA) is 79.5 Å². The van der Waals surface area contributed by atoms with Crippen molar-refractivity contribution in [2.75, 3.05) is 0 Å². The first kappa shape index (κ1) is 16.9. The molecule has 1 heterocycles. The molecule has 126 valence electrons. The maximum atomic E-state index is 12.1. The molecule has 1 aromatic heterocycles. The predicted octanol–water partition coefficient (Wildman–Crippen LogP) is 3.16. The Labute approximate surface area is 152 Å². The second-order valence-electron chi connectivity index (χ2n) is 5.29. The Balaban J connectivity index is 1.62. The fourth-order valence-corrected chi connectivity index (χ4v) is 2.65. The fraction of sp³-hybridized carbons (Fsp3) is 0.0556. The van der Waals surface area contributed by atoms with Crippen molar-refractivity contribution in [3.05, 3.63) is 82.1 Å². The van der Waals surface area contributed by atoms with Crippen molar-refractivity contribution in [3.63, 3.8) is 0 Å². The minimum Gasteiger partial charge on any atom is -0.507 e. The molecule has 0 saturated heterocycles. The van der Waals surface area contributed by atoms with Gasteiger partial charge in [0.1, 0.15) is 5.75 Å². The highest BCUT2D eigenvalue weighted by Crippen LogP contribution is 2.13. The van der Waals surface area contributed by atoms with E-state index >= 15 is 0 Å². The molecule has 0 saturated carbocycles. The van der Waals surface area contributed by atoms with E-state index in [2.05, 4.69) is 31.6 Å². The van der Waals surface area contributed by atoms with Gasteiger partial charge in [0, 0.05) is 16.2 Å². The number of benzene rings is 2. The van der Waals surface area contributed by atoms with Gasteiger partial charge < -0.3 is 5.11 Å². The van der Waals surface area contributed by atoms with Crippen molar-refractivity contribution < 1.29 is 9.90 Å². The molecule has 0 bridgehead atoms. The molecule has 0 radical (unpaired) electrons. The molecule has 0 unspecified atom stereocenters. The summed E-state index contributed by atoms with van der Waals surface area (Å²) in [6, 6.07) is 16.2. The number of hydrogen-bond acceptors (Lipinski definition) is 4. The number of phenols is 1. The highest BCUT2D eigenvalue weighted by atomic mass is 79.9. The molecule has 1 amide bonds. The van der Waals surface area contributed by atoms with E-state index in [0.717, 1.165) is 10.0 Å². The number of amides is 1. The van der Waals surface area contributed by atoms with Crippen molar-refractivity contribution in [2.24, 2.45) is 5.10 Å². The van der Waals surface area contributed by atoms with Crippen LogP contribution in [-0.2, 0) is 6.54 Å². The molecule has 7 heteroatoms. The van der Waals surface area contributed by atoms with E-state index in [0.29, 0.717) is 12.1 Å². The zero-order valence-corrected chi connectivity index (χ0v) is 14.7. The summed E-state index contributed by atoms with van der Waals surface area (Å²) in [4.78, 5) is 12.1. The van der Waals surface area contributed by atoms with Gasteiger partial charge in [-0.3, -0.25) is 9.48 Å². The third kappa shape index (κ3) is 4.54. The number of phenolic OH excluding ortho intramolecular Hbond substituents is 1. The maximum absolute atomic E-state index is 12.1. The zero-order valence-electron chi connectivity index (χ0n) is 13.1. The van der Waals surface area contributed by atoms with Crippen LogP contribution >= 0.6 is 15.9 Å². The van der Waals surface area contributed by atoms with Crippen LogP contribution in [0, 0.1) is 0 Å². The lowest BCUT2D eigenvalue weighted by atomic mass is 10.2. The summed E-state index contributed by atoms with van der Waals surface area (Å²) in [5.41, 5.74) is 4.25. The van der Waals surface area contributed by atoms with E-state index in [-0.39, 0.29) is 11.4 Å². The highest BCUT2D eigenvalue weighted by Gasteiger charge is 2.09. The Morgan fingerprint density at radius 1 is 1.24 bits per heavy atom. The number of para-hydroxylation sites is 1. The lowest BCUT2D eigenvalue weighted by molar-refractivity contribution is 0.0949. The van der Waals surface area contributed by atoms with Crippen LogP contribution in [-0.4, -0.2) is 27.0 Å². The largest absolute Gasteiger partial charge is 0.507 e. The van der Waals surface area contributed by atoms with Crippen molar-refractivity contribution in [1.29, 1.82) is 0 Å². The van der Waals surface area contributed by atoms with Crippen LogP contribution in [0.15, 0.2) is 70.4 Å². The van der Waals surface area contributed by atoms with E-state index < -0.39 is 5.91 Å². The molecule has 6 nitrogen and oxygen atoms in total. The maximum Gasteiger partial charge on any atom is 0.291 e. The molecule has 2 aromatic carbocycles. The molecular formula is C18H15BrN4O2. The van der Waals surface area contributed by atoms with Crippen molar-refractivity contribution in [2.45, 2.75) is 6.54 Å². The van der Waals surface area contributed by atoms with Crippen LogP contribution in [0.1, 0.15) is 21.6 Å². The van der Waals surface area contributed by atoms with Gasteiger partial charge in [0.15, 0.2) is 5.69 Å². The van der Waals surface area contributed by atoms with E-state index in [1.165, 1.54) is 6.21 Å². The molecule has 0 fully saturated rings. The summed E-state index contributed by atoms with van der Waals surface area (Å²) in [6.07, 6.45) is 3.12. The number of aromatic hydroxyl groups is 1. The van der Waals surface area contributed by atoms with Gasteiger partial charge in [0.05, 0.1) is 12.8 Å². The predicted molar refractivity (Wildman–Crippen MR) is 98.6 cm³/mol. The van der Waals surface area contributed by atoms with Gasteiger partial charge >= 0.3 is 0 Å². The van der Waals surface area contributed by atoms with Gasteiger partial charge in [0.25, 0.3) is 5.91 Å². The molecule has 0 aliphatic heterocycles. The fourth-order valence-electron chi connectivity index (χ4n) is 2.21. The molecule has 2 N–H and O–H groups in total. The third-order valence-electron chi connectivity index (χ3n) is 3.41. The van der Waals surface area contributed by atoms with Gasteiger partial charge in [-0.05, 0) is 35.9 Å². The minimum absolute atomic E-state index is 0.0961. The van der Waals surface area contributed by atoms with Crippen molar-refractivity contribution in [3.8, 4) is 5.75 Å².